The van der Waals surface area contributed by atoms with Gasteiger partial charge in [0.15, 0.2) is 0 Å². The molecule has 2 rings (SSSR count). The zero-order valence-electron chi connectivity index (χ0n) is 28.4. The van der Waals surface area contributed by atoms with E-state index in [4.69, 9.17) is 14.2 Å². The largest absolute Gasteiger partial charge is 0.494 e. The van der Waals surface area contributed by atoms with Gasteiger partial charge < -0.3 is 19.5 Å². The Bertz CT molecular complexity index is 1020. The molecule has 0 radical (unpaired) electrons. The molecular weight excluding hydrogens is 538 g/mol. The molecule has 1 aromatic rings. The van der Waals surface area contributed by atoms with Crippen LogP contribution in [0.1, 0.15) is 155 Å². The SMILES string of the molecule is CCCCCCCCCCCCCCCc1cccc(OCC)c1C1CC(C)(C(=O)OCC)NC(C)=C1C(=O)OC(C)C. The van der Waals surface area contributed by atoms with E-state index >= 15 is 0 Å². The number of rotatable bonds is 21. The summed E-state index contributed by atoms with van der Waals surface area (Å²) in [7, 11) is 0. The van der Waals surface area contributed by atoms with Crippen molar-refractivity contribution in [1.82, 2.24) is 5.32 Å². The van der Waals surface area contributed by atoms with Gasteiger partial charge >= 0.3 is 11.9 Å². The summed E-state index contributed by atoms with van der Waals surface area (Å²) in [6, 6.07) is 6.18. The lowest BCUT2D eigenvalue weighted by molar-refractivity contribution is -0.152. The summed E-state index contributed by atoms with van der Waals surface area (Å²) < 4.78 is 17.3. The number of esters is 2. The van der Waals surface area contributed by atoms with E-state index < -0.39 is 5.54 Å². The Hall–Kier alpha value is -2.50. The van der Waals surface area contributed by atoms with Gasteiger partial charge in [0.2, 0.25) is 0 Å². The van der Waals surface area contributed by atoms with E-state index in [-0.39, 0.29) is 24.0 Å². The van der Waals surface area contributed by atoms with Gasteiger partial charge in [-0.25, -0.2) is 9.59 Å². The minimum absolute atomic E-state index is 0.251. The average molecular weight is 600 g/mol. The number of ether oxygens (including phenoxy) is 3. The first kappa shape index (κ1) is 36.7. The molecule has 244 valence electrons. The normalized spacial score (nSPS) is 18.5. The van der Waals surface area contributed by atoms with Crippen molar-refractivity contribution in [1.29, 1.82) is 0 Å². The van der Waals surface area contributed by atoms with Crippen molar-refractivity contribution in [3.8, 4) is 5.75 Å². The van der Waals surface area contributed by atoms with Gasteiger partial charge in [0.05, 0.1) is 24.9 Å². The molecule has 0 amide bonds. The molecule has 6 nitrogen and oxygen atoms in total. The van der Waals surface area contributed by atoms with Gasteiger partial charge in [-0.05, 0) is 72.4 Å². The van der Waals surface area contributed by atoms with Crippen LogP contribution in [0.4, 0.5) is 0 Å². The molecule has 43 heavy (non-hydrogen) atoms. The number of unbranched alkanes of at least 4 members (excludes halogenated alkanes) is 12. The molecule has 0 fully saturated rings. The topological polar surface area (TPSA) is 73.9 Å². The highest BCUT2D eigenvalue weighted by Crippen LogP contribution is 2.45. The minimum atomic E-state index is -0.974. The number of hydrogen-bond donors (Lipinski definition) is 1. The summed E-state index contributed by atoms with van der Waals surface area (Å²) in [6.07, 6.45) is 18.1. The van der Waals surface area contributed by atoms with Crippen LogP contribution in [0, 0.1) is 0 Å². The molecule has 0 aliphatic carbocycles. The average Bonchev–Trinajstić information content (AvgIpc) is 2.95. The van der Waals surface area contributed by atoms with Gasteiger partial charge in [0, 0.05) is 17.2 Å². The number of benzene rings is 1. The fraction of sp³-hybridized carbons (Fsp3) is 0.730. The Labute approximate surface area is 262 Å². The van der Waals surface area contributed by atoms with Crippen LogP contribution in [-0.4, -0.2) is 36.8 Å². The van der Waals surface area contributed by atoms with E-state index in [1.807, 2.05) is 53.7 Å². The number of nitrogens with one attached hydrogen (secondary N) is 1. The summed E-state index contributed by atoms with van der Waals surface area (Å²) in [4.78, 5) is 26.6. The van der Waals surface area contributed by atoms with Crippen LogP contribution in [0.15, 0.2) is 29.5 Å². The van der Waals surface area contributed by atoms with Crippen molar-refractivity contribution in [2.24, 2.45) is 0 Å². The number of aryl methyl sites for hydroxylation is 1. The zero-order chi connectivity index (χ0) is 31.7. The predicted octanol–water partition coefficient (Wildman–Crippen LogP) is 9.34. The van der Waals surface area contributed by atoms with Crippen LogP contribution in [0.25, 0.3) is 0 Å². The molecule has 1 aliphatic heterocycles. The van der Waals surface area contributed by atoms with Crippen molar-refractivity contribution in [2.75, 3.05) is 13.2 Å². The first-order valence-electron chi connectivity index (χ1n) is 17.3. The van der Waals surface area contributed by atoms with Crippen LogP contribution in [-0.2, 0) is 25.5 Å². The first-order chi connectivity index (χ1) is 20.7. The maximum absolute atomic E-state index is 13.5. The van der Waals surface area contributed by atoms with Crippen LogP contribution >= 0.6 is 0 Å². The van der Waals surface area contributed by atoms with Crippen molar-refractivity contribution >= 4 is 11.9 Å². The summed E-state index contributed by atoms with van der Waals surface area (Å²) in [5, 5.41) is 3.31. The van der Waals surface area contributed by atoms with E-state index in [9.17, 15) is 9.59 Å². The molecule has 1 heterocycles. The Morgan fingerprint density at radius 3 is 2.00 bits per heavy atom. The van der Waals surface area contributed by atoms with Gasteiger partial charge in [-0.1, -0.05) is 96.1 Å². The maximum atomic E-state index is 13.5. The van der Waals surface area contributed by atoms with Gasteiger partial charge in [0.25, 0.3) is 0 Å². The van der Waals surface area contributed by atoms with Crippen LogP contribution in [0.5, 0.6) is 5.75 Å². The lowest BCUT2D eigenvalue weighted by Crippen LogP contribution is -2.54. The zero-order valence-corrected chi connectivity index (χ0v) is 28.4. The molecule has 0 aromatic heterocycles. The fourth-order valence-corrected chi connectivity index (χ4v) is 6.37. The molecule has 0 saturated heterocycles. The van der Waals surface area contributed by atoms with E-state index in [2.05, 4.69) is 18.3 Å². The van der Waals surface area contributed by atoms with E-state index in [1.54, 1.807) is 0 Å². The van der Waals surface area contributed by atoms with Crippen LogP contribution < -0.4 is 10.1 Å². The number of hydrogen-bond acceptors (Lipinski definition) is 6. The fourth-order valence-electron chi connectivity index (χ4n) is 6.37. The van der Waals surface area contributed by atoms with Gasteiger partial charge in [-0.15, -0.1) is 0 Å². The second-order valence-corrected chi connectivity index (χ2v) is 12.7. The highest BCUT2D eigenvalue weighted by atomic mass is 16.5. The van der Waals surface area contributed by atoms with E-state index in [0.29, 0.717) is 30.9 Å². The summed E-state index contributed by atoms with van der Waals surface area (Å²) in [5.74, 6) is -0.256. The highest BCUT2D eigenvalue weighted by Gasteiger charge is 2.46. The third-order valence-electron chi connectivity index (χ3n) is 8.47. The smallest absolute Gasteiger partial charge is 0.336 e. The standard InChI is InChI=1S/C37H61NO5/c1-8-11-12-13-14-15-16-17-18-19-20-21-22-24-30-25-23-26-32(41-9-2)34(30)31-27-37(7,36(40)42-10-3)38-29(6)33(31)35(39)43-28(4)5/h23,25-26,28,31,38H,8-22,24,27H2,1-7H3. The molecule has 2 unspecified atom stereocenters. The predicted molar refractivity (Wildman–Crippen MR) is 176 cm³/mol. The molecule has 0 bridgehead atoms. The van der Waals surface area contributed by atoms with Gasteiger partial charge in [-0.2, -0.15) is 0 Å². The molecule has 0 saturated carbocycles. The summed E-state index contributed by atoms with van der Waals surface area (Å²) in [5.41, 5.74) is 2.41. The van der Waals surface area contributed by atoms with Crippen LogP contribution in [0.3, 0.4) is 0 Å². The molecule has 1 aromatic carbocycles. The lowest BCUT2D eigenvalue weighted by Gasteiger charge is -2.40. The third kappa shape index (κ3) is 11.8. The maximum Gasteiger partial charge on any atom is 0.336 e. The molecule has 0 spiro atoms. The van der Waals surface area contributed by atoms with Crippen molar-refractivity contribution < 1.29 is 23.8 Å². The number of allylic oxidation sites excluding steroid dienone is 1. The van der Waals surface area contributed by atoms with E-state index in [1.165, 1.54) is 82.6 Å². The lowest BCUT2D eigenvalue weighted by atomic mass is 9.74. The van der Waals surface area contributed by atoms with Crippen molar-refractivity contribution in [3.05, 3.63) is 40.6 Å². The first-order valence-corrected chi connectivity index (χ1v) is 17.3. The van der Waals surface area contributed by atoms with Crippen molar-refractivity contribution in [2.45, 2.75) is 162 Å². The molecule has 1 N–H and O–H groups in total. The Morgan fingerprint density at radius 1 is 0.884 bits per heavy atom. The molecular formula is C37H61NO5. The van der Waals surface area contributed by atoms with Gasteiger partial charge in [0.1, 0.15) is 11.3 Å². The van der Waals surface area contributed by atoms with Crippen molar-refractivity contribution in [3.63, 3.8) is 0 Å². The number of carbonyl (C=O) groups excluding carboxylic acids is 2. The van der Waals surface area contributed by atoms with Gasteiger partial charge in [-0.3, -0.25) is 0 Å². The second-order valence-electron chi connectivity index (χ2n) is 12.7. The molecule has 2 atom stereocenters. The monoisotopic (exact) mass is 599 g/mol. The second kappa shape index (κ2) is 19.7. The third-order valence-corrected chi connectivity index (χ3v) is 8.47. The Morgan fingerprint density at radius 2 is 1.47 bits per heavy atom. The quantitative estimate of drug-likeness (QED) is 0.112. The Kier molecular flexibility index (Phi) is 16.8. The summed E-state index contributed by atoms with van der Waals surface area (Å²) >= 11 is 0. The highest BCUT2D eigenvalue weighted by molar-refractivity contribution is 5.93. The van der Waals surface area contributed by atoms with E-state index in [0.717, 1.165) is 24.2 Å². The summed E-state index contributed by atoms with van der Waals surface area (Å²) in [6.45, 7) is 14.3. The minimum Gasteiger partial charge on any atom is -0.494 e. The number of carbonyl (C=O) groups is 2. The molecule has 6 heteroatoms. The molecule has 1 aliphatic rings. The Balaban J connectivity index is 2.15. The van der Waals surface area contributed by atoms with Crippen LogP contribution in [0.2, 0.25) is 0 Å².